The summed E-state index contributed by atoms with van der Waals surface area (Å²) in [5.41, 5.74) is 3.70. The molecular formula is C27H30N6O3. The smallest absolute Gasteiger partial charge is 0.237 e. The molecule has 1 aliphatic rings. The zero-order valence-corrected chi connectivity index (χ0v) is 20.6. The number of hydrogen-bond donors (Lipinski definition) is 0. The van der Waals surface area contributed by atoms with E-state index in [1.807, 2.05) is 60.6 Å². The van der Waals surface area contributed by atoms with Gasteiger partial charge in [0.15, 0.2) is 0 Å². The maximum atomic E-state index is 13.3. The van der Waals surface area contributed by atoms with Gasteiger partial charge in [-0.05, 0) is 23.8 Å². The molecule has 4 heterocycles. The maximum Gasteiger partial charge on any atom is 0.237 e. The number of carbonyl (C=O) groups excluding carboxylic acids is 1. The Kier molecular flexibility index (Phi) is 7.20. The predicted molar refractivity (Wildman–Crippen MR) is 135 cm³/mol. The van der Waals surface area contributed by atoms with Gasteiger partial charge in [0.2, 0.25) is 5.91 Å². The van der Waals surface area contributed by atoms with Crippen LogP contribution in [-0.2, 0) is 36.3 Å². The molecule has 1 atom stereocenters. The van der Waals surface area contributed by atoms with Crippen molar-refractivity contribution in [1.82, 2.24) is 29.5 Å². The van der Waals surface area contributed by atoms with Gasteiger partial charge in [-0.3, -0.25) is 19.4 Å². The van der Waals surface area contributed by atoms with Crippen molar-refractivity contribution in [1.29, 1.82) is 0 Å². The summed E-state index contributed by atoms with van der Waals surface area (Å²) in [4.78, 5) is 26.3. The van der Waals surface area contributed by atoms with Crippen LogP contribution in [-0.4, -0.2) is 68.3 Å². The fraction of sp³-hybridized carbons (Fsp3) is 0.333. The second-order valence-electron chi connectivity index (χ2n) is 9.10. The summed E-state index contributed by atoms with van der Waals surface area (Å²) in [6, 6.07) is 13.8. The molecule has 4 aromatic rings. The highest BCUT2D eigenvalue weighted by Crippen LogP contribution is 2.24. The van der Waals surface area contributed by atoms with Gasteiger partial charge in [-0.15, -0.1) is 0 Å². The van der Waals surface area contributed by atoms with Crippen LogP contribution in [0.25, 0.3) is 10.9 Å². The molecule has 36 heavy (non-hydrogen) atoms. The van der Waals surface area contributed by atoms with Crippen LogP contribution >= 0.6 is 0 Å². The van der Waals surface area contributed by atoms with Gasteiger partial charge < -0.3 is 14.4 Å². The van der Waals surface area contributed by atoms with Crippen LogP contribution in [0, 0.1) is 0 Å². The van der Waals surface area contributed by atoms with Gasteiger partial charge in [0.1, 0.15) is 11.3 Å². The van der Waals surface area contributed by atoms with Crippen molar-refractivity contribution < 1.29 is 14.3 Å². The molecule has 9 heteroatoms. The molecule has 186 valence electrons. The van der Waals surface area contributed by atoms with Crippen LogP contribution in [0.3, 0.4) is 0 Å². The molecule has 3 aromatic heterocycles. The Hall–Kier alpha value is -3.82. The summed E-state index contributed by atoms with van der Waals surface area (Å²) >= 11 is 0. The molecule has 0 spiro atoms. The predicted octanol–water partition coefficient (Wildman–Crippen LogP) is 2.80. The summed E-state index contributed by atoms with van der Waals surface area (Å²) in [6.07, 6.45) is 7.13. The Morgan fingerprint density at radius 3 is 2.72 bits per heavy atom. The summed E-state index contributed by atoms with van der Waals surface area (Å²) in [5, 5.41) is 5.27. The first kappa shape index (κ1) is 23.9. The second-order valence-corrected chi connectivity index (χ2v) is 9.10. The number of rotatable bonds is 8. The Balaban J connectivity index is 1.35. The molecule has 1 amide bonds. The van der Waals surface area contributed by atoms with Gasteiger partial charge in [0.05, 0.1) is 38.3 Å². The Labute approximate surface area is 210 Å². The van der Waals surface area contributed by atoms with Crippen molar-refractivity contribution in [2.45, 2.75) is 25.8 Å². The number of para-hydroxylation sites is 1. The van der Waals surface area contributed by atoms with E-state index in [1.54, 1.807) is 30.4 Å². The van der Waals surface area contributed by atoms with Crippen LogP contribution in [0.4, 0.5) is 0 Å². The lowest BCUT2D eigenvalue weighted by Crippen LogP contribution is -2.37. The molecule has 1 aliphatic heterocycles. The van der Waals surface area contributed by atoms with E-state index < -0.39 is 0 Å². The first-order valence-corrected chi connectivity index (χ1v) is 12.0. The minimum atomic E-state index is -0.164. The Bertz CT molecular complexity index is 1330. The Morgan fingerprint density at radius 2 is 1.94 bits per heavy atom. The molecule has 0 saturated carbocycles. The highest BCUT2D eigenvalue weighted by Gasteiger charge is 2.29. The number of pyridine rings is 2. The van der Waals surface area contributed by atoms with Gasteiger partial charge in [0.25, 0.3) is 0 Å². The standard InChI is InChI=1S/C27H30N6O3/c1-31-13-21(12-29-31)14-33-17-24(36-19-20-5-4-10-28-11-20)16-32(18-26(33)34)15-23-9-8-22-6-3-7-25(35-2)27(22)30-23/h3-13,24H,14-19H2,1-2H3. The van der Waals surface area contributed by atoms with Gasteiger partial charge in [-0.1, -0.05) is 24.3 Å². The van der Waals surface area contributed by atoms with Gasteiger partial charge in [-0.2, -0.15) is 5.10 Å². The van der Waals surface area contributed by atoms with Crippen LogP contribution in [0.2, 0.25) is 0 Å². The first-order chi connectivity index (χ1) is 17.6. The van der Waals surface area contributed by atoms with E-state index in [1.165, 1.54) is 0 Å². The topological polar surface area (TPSA) is 85.6 Å². The van der Waals surface area contributed by atoms with Crippen molar-refractivity contribution in [2.75, 3.05) is 26.7 Å². The van der Waals surface area contributed by atoms with Crippen molar-refractivity contribution in [3.63, 3.8) is 0 Å². The molecule has 0 aliphatic carbocycles. The lowest BCUT2D eigenvalue weighted by Gasteiger charge is -2.24. The van der Waals surface area contributed by atoms with Gasteiger partial charge in [0, 0.05) is 62.8 Å². The lowest BCUT2D eigenvalue weighted by molar-refractivity contribution is -0.132. The van der Waals surface area contributed by atoms with E-state index in [0.717, 1.165) is 33.5 Å². The summed E-state index contributed by atoms with van der Waals surface area (Å²) < 4.78 is 13.6. The van der Waals surface area contributed by atoms with Crippen LogP contribution in [0.15, 0.2) is 67.3 Å². The normalized spacial score (nSPS) is 16.9. The van der Waals surface area contributed by atoms with Crippen LogP contribution < -0.4 is 4.74 Å². The lowest BCUT2D eigenvalue weighted by atomic mass is 10.2. The summed E-state index contributed by atoms with van der Waals surface area (Å²) in [6.45, 7) is 2.88. The molecule has 5 rings (SSSR count). The van der Waals surface area contributed by atoms with E-state index in [4.69, 9.17) is 14.5 Å². The SMILES string of the molecule is COc1cccc2ccc(CN3CC(=O)N(Cc4cnn(C)c4)CC(OCc4cccnc4)C3)nc12. The largest absolute Gasteiger partial charge is 0.494 e. The molecule has 1 aromatic carbocycles. The number of amides is 1. The van der Waals surface area contributed by atoms with E-state index in [9.17, 15) is 4.79 Å². The third kappa shape index (κ3) is 5.69. The number of fused-ring (bicyclic) bond motifs is 1. The molecule has 1 saturated heterocycles. The molecule has 1 fully saturated rings. The molecule has 0 bridgehead atoms. The minimum absolute atomic E-state index is 0.0599. The Morgan fingerprint density at radius 1 is 1.03 bits per heavy atom. The molecule has 1 unspecified atom stereocenters. The number of aromatic nitrogens is 4. The van der Waals surface area contributed by atoms with Crippen molar-refractivity contribution in [3.8, 4) is 5.75 Å². The van der Waals surface area contributed by atoms with Gasteiger partial charge >= 0.3 is 0 Å². The van der Waals surface area contributed by atoms with Gasteiger partial charge in [-0.25, -0.2) is 4.98 Å². The number of ether oxygens (including phenoxy) is 2. The second kappa shape index (κ2) is 10.8. The number of hydrogen-bond acceptors (Lipinski definition) is 7. The monoisotopic (exact) mass is 486 g/mol. The highest BCUT2D eigenvalue weighted by molar-refractivity contribution is 5.84. The number of aryl methyl sites for hydroxylation is 1. The summed E-state index contributed by atoms with van der Waals surface area (Å²) in [7, 11) is 3.53. The fourth-order valence-electron chi connectivity index (χ4n) is 4.54. The third-order valence-electron chi connectivity index (χ3n) is 6.28. The third-order valence-corrected chi connectivity index (χ3v) is 6.28. The fourth-order valence-corrected chi connectivity index (χ4v) is 4.54. The molecular weight excluding hydrogens is 456 g/mol. The number of benzene rings is 1. The average Bonchev–Trinajstić information content (AvgIpc) is 3.24. The zero-order chi connectivity index (χ0) is 24.9. The number of methoxy groups -OCH3 is 1. The highest BCUT2D eigenvalue weighted by atomic mass is 16.5. The van der Waals surface area contributed by atoms with E-state index in [-0.39, 0.29) is 12.0 Å². The minimum Gasteiger partial charge on any atom is -0.494 e. The summed E-state index contributed by atoms with van der Waals surface area (Å²) in [5.74, 6) is 0.798. The maximum absolute atomic E-state index is 13.3. The quantitative estimate of drug-likeness (QED) is 0.379. The van der Waals surface area contributed by atoms with E-state index >= 15 is 0 Å². The van der Waals surface area contributed by atoms with Crippen LogP contribution in [0.1, 0.15) is 16.8 Å². The molecule has 9 nitrogen and oxygen atoms in total. The molecule has 0 N–H and O–H groups in total. The first-order valence-electron chi connectivity index (χ1n) is 12.0. The number of nitrogens with zero attached hydrogens (tertiary/aromatic N) is 6. The average molecular weight is 487 g/mol. The van der Waals surface area contributed by atoms with Crippen LogP contribution in [0.5, 0.6) is 5.75 Å². The van der Waals surface area contributed by atoms with E-state index in [0.29, 0.717) is 39.3 Å². The molecule has 0 radical (unpaired) electrons. The number of carbonyl (C=O) groups is 1. The van der Waals surface area contributed by atoms with Crippen molar-refractivity contribution in [2.24, 2.45) is 7.05 Å². The van der Waals surface area contributed by atoms with Crippen molar-refractivity contribution in [3.05, 3.63) is 84.1 Å². The van der Waals surface area contributed by atoms with Crippen molar-refractivity contribution >= 4 is 16.8 Å². The van der Waals surface area contributed by atoms with E-state index in [2.05, 4.69) is 15.0 Å². The zero-order valence-electron chi connectivity index (χ0n) is 20.6.